The Balaban J connectivity index is 1.74. The molecule has 1 saturated carbocycles. The van der Waals surface area contributed by atoms with Gasteiger partial charge < -0.3 is 5.32 Å². The van der Waals surface area contributed by atoms with Crippen molar-refractivity contribution in [3.63, 3.8) is 0 Å². The van der Waals surface area contributed by atoms with Crippen molar-refractivity contribution in [3.8, 4) is 0 Å². The molecular weight excluding hydrogens is 224 g/mol. The third kappa shape index (κ3) is 3.55. The van der Waals surface area contributed by atoms with Crippen molar-refractivity contribution in [2.75, 3.05) is 0 Å². The van der Waals surface area contributed by atoms with E-state index in [1.165, 1.54) is 25.7 Å². The number of hydrogen-bond acceptors (Lipinski definition) is 3. The lowest BCUT2D eigenvalue weighted by Gasteiger charge is -2.37. The number of nitrogens with zero attached hydrogens (tertiary/aromatic N) is 3. The highest BCUT2D eigenvalue weighted by atomic mass is 15.3. The zero-order chi connectivity index (χ0) is 13.2. The van der Waals surface area contributed by atoms with Crippen molar-refractivity contribution in [3.05, 3.63) is 12.2 Å². The highest BCUT2D eigenvalue weighted by Crippen LogP contribution is 2.37. The normalized spacial score (nSPS) is 25.3. The monoisotopic (exact) mass is 250 g/mol. The molecule has 1 aromatic heterocycles. The quantitative estimate of drug-likeness (QED) is 0.896. The average molecular weight is 250 g/mol. The Bertz CT molecular complexity index is 369. The minimum Gasteiger partial charge on any atom is -0.307 e. The Morgan fingerprint density at radius 3 is 2.44 bits per heavy atom. The van der Waals surface area contributed by atoms with Crippen LogP contribution in [0.5, 0.6) is 0 Å². The van der Waals surface area contributed by atoms with Gasteiger partial charge in [0.05, 0.1) is 6.54 Å². The van der Waals surface area contributed by atoms with Gasteiger partial charge in [-0.1, -0.05) is 20.8 Å². The lowest BCUT2D eigenvalue weighted by Crippen LogP contribution is -2.36. The summed E-state index contributed by atoms with van der Waals surface area (Å²) in [4.78, 5) is 4.24. The highest BCUT2D eigenvalue weighted by molar-refractivity contribution is 4.86. The molecule has 0 unspecified atom stereocenters. The molecule has 18 heavy (non-hydrogen) atoms. The summed E-state index contributed by atoms with van der Waals surface area (Å²) in [6.45, 7) is 7.89. The van der Waals surface area contributed by atoms with Gasteiger partial charge in [0, 0.05) is 13.1 Å². The second-order valence-corrected chi connectivity index (χ2v) is 6.63. The number of rotatable bonds is 3. The molecule has 0 aromatic carbocycles. The van der Waals surface area contributed by atoms with Gasteiger partial charge in [-0.25, -0.2) is 4.98 Å². The molecule has 2 rings (SSSR count). The maximum absolute atomic E-state index is 4.29. The summed E-state index contributed by atoms with van der Waals surface area (Å²) in [5, 5.41) is 7.88. The Kier molecular flexibility index (Phi) is 4.05. The van der Waals surface area contributed by atoms with Gasteiger partial charge in [0.2, 0.25) is 0 Å². The van der Waals surface area contributed by atoms with E-state index in [-0.39, 0.29) is 0 Å². The number of hydrogen-bond donors (Lipinski definition) is 1. The van der Waals surface area contributed by atoms with Crippen LogP contribution in [-0.2, 0) is 13.6 Å². The van der Waals surface area contributed by atoms with Crippen LogP contribution in [0.15, 0.2) is 6.33 Å². The van der Waals surface area contributed by atoms with Crippen molar-refractivity contribution >= 4 is 0 Å². The van der Waals surface area contributed by atoms with Crippen molar-refractivity contribution < 1.29 is 0 Å². The zero-order valence-electron chi connectivity index (χ0n) is 12.1. The molecular formula is C14H26N4. The molecule has 4 nitrogen and oxygen atoms in total. The summed E-state index contributed by atoms with van der Waals surface area (Å²) in [6, 6.07) is 0.646. The SMILES string of the molecule is Cn1cnc(CNC2CCC(C(C)(C)C)CC2)n1. The van der Waals surface area contributed by atoms with Gasteiger partial charge in [0.15, 0.2) is 5.82 Å². The predicted octanol–water partition coefficient (Wildman–Crippen LogP) is 2.51. The molecule has 0 bridgehead atoms. The van der Waals surface area contributed by atoms with E-state index in [1.54, 1.807) is 11.0 Å². The summed E-state index contributed by atoms with van der Waals surface area (Å²) in [5.74, 6) is 1.78. The largest absolute Gasteiger partial charge is 0.307 e. The van der Waals surface area contributed by atoms with E-state index in [9.17, 15) is 0 Å². The molecule has 4 heteroatoms. The van der Waals surface area contributed by atoms with Crippen LogP contribution in [0.1, 0.15) is 52.3 Å². The topological polar surface area (TPSA) is 42.7 Å². The molecule has 1 N–H and O–H groups in total. The van der Waals surface area contributed by atoms with Crippen molar-refractivity contribution in [1.82, 2.24) is 20.1 Å². The summed E-state index contributed by atoms with van der Waals surface area (Å²) >= 11 is 0. The maximum atomic E-state index is 4.29. The second-order valence-electron chi connectivity index (χ2n) is 6.63. The fourth-order valence-corrected chi connectivity index (χ4v) is 2.86. The van der Waals surface area contributed by atoms with Crippen molar-refractivity contribution in [2.24, 2.45) is 18.4 Å². The molecule has 0 aliphatic heterocycles. The maximum Gasteiger partial charge on any atom is 0.164 e. The van der Waals surface area contributed by atoms with Gasteiger partial charge in [-0.3, -0.25) is 4.68 Å². The van der Waals surface area contributed by atoms with E-state index in [1.807, 2.05) is 7.05 Å². The summed E-state index contributed by atoms with van der Waals surface area (Å²) in [6.07, 6.45) is 7.02. The lowest BCUT2D eigenvalue weighted by molar-refractivity contribution is 0.159. The summed E-state index contributed by atoms with van der Waals surface area (Å²) in [5.41, 5.74) is 0.466. The Labute approximate surface area is 110 Å². The molecule has 1 aliphatic carbocycles. The third-order valence-electron chi connectivity index (χ3n) is 4.15. The van der Waals surface area contributed by atoms with Gasteiger partial charge in [-0.15, -0.1) is 0 Å². The van der Waals surface area contributed by atoms with E-state index < -0.39 is 0 Å². The van der Waals surface area contributed by atoms with E-state index in [0.717, 1.165) is 18.3 Å². The molecule has 1 heterocycles. The number of aryl methyl sites for hydroxylation is 1. The zero-order valence-corrected chi connectivity index (χ0v) is 12.1. The first kappa shape index (κ1) is 13.5. The number of nitrogens with one attached hydrogen (secondary N) is 1. The Morgan fingerprint density at radius 1 is 1.28 bits per heavy atom. The lowest BCUT2D eigenvalue weighted by atomic mass is 9.71. The molecule has 0 atom stereocenters. The van der Waals surface area contributed by atoms with Crippen LogP contribution in [0.2, 0.25) is 0 Å². The molecule has 0 saturated heterocycles. The standard InChI is InChI=1S/C14H26N4/c1-14(2,3)11-5-7-12(8-6-11)15-9-13-16-10-18(4)17-13/h10-12,15H,5-9H2,1-4H3. The van der Waals surface area contributed by atoms with Crippen LogP contribution in [0, 0.1) is 11.3 Å². The summed E-state index contributed by atoms with van der Waals surface area (Å²) in [7, 11) is 1.91. The minimum absolute atomic E-state index is 0.466. The molecule has 0 amide bonds. The van der Waals surface area contributed by atoms with E-state index in [0.29, 0.717) is 11.5 Å². The van der Waals surface area contributed by atoms with Crippen molar-refractivity contribution in [2.45, 2.75) is 59.0 Å². The average Bonchev–Trinajstić information content (AvgIpc) is 2.72. The first-order valence-electron chi connectivity index (χ1n) is 7.03. The van der Waals surface area contributed by atoms with E-state index in [4.69, 9.17) is 0 Å². The Hall–Kier alpha value is -0.900. The first-order valence-corrected chi connectivity index (χ1v) is 7.03. The van der Waals surface area contributed by atoms with Crippen LogP contribution in [0.3, 0.4) is 0 Å². The van der Waals surface area contributed by atoms with Crippen LogP contribution < -0.4 is 5.32 Å². The number of aromatic nitrogens is 3. The first-order chi connectivity index (χ1) is 8.45. The van der Waals surface area contributed by atoms with Crippen LogP contribution in [0.4, 0.5) is 0 Å². The van der Waals surface area contributed by atoms with Gasteiger partial charge in [0.1, 0.15) is 6.33 Å². The molecule has 102 valence electrons. The summed E-state index contributed by atoms with van der Waals surface area (Å²) < 4.78 is 1.76. The van der Waals surface area contributed by atoms with E-state index >= 15 is 0 Å². The van der Waals surface area contributed by atoms with Gasteiger partial charge >= 0.3 is 0 Å². The molecule has 1 aromatic rings. The molecule has 0 spiro atoms. The molecule has 1 aliphatic rings. The smallest absolute Gasteiger partial charge is 0.164 e. The minimum atomic E-state index is 0.466. The van der Waals surface area contributed by atoms with Crippen molar-refractivity contribution in [1.29, 1.82) is 0 Å². The fourth-order valence-electron chi connectivity index (χ4n) is 2.86. The predicted molar refractivity (Wildman–Crippen MR) is 73.0 cm³/mol. The molecule has 0 radical (unpaired) electrons. The van der Waals surface area contributed by atoms with Crippen LogP contribution in [0.25, 0.3) is 0 Å². The second kappa shape index (κ2) is 5.39. The van der Waals surface area contributed by atoms with Gasteiger partial charge in [0.25, 0.3) is 0 Å². The van der Waals surface area contributed by atoms with Crippen LogP contribution >= 0.6 is 0 Å². The van der Waals surface area contributed by atoms with Gasteiger partial charge in [-0.2, -0.15) is 5.10 Å². The Morgan fingerprint density at radius 2 is 1.94 bits per heavy atom. The molecule has 1 fully saturated rings. The fraction of sp³-hybridized carbons (Fsp3) is 0.857. The van der Waals surface area contributed by atoms with E-state index in [2.05, 4.69) is 36.2 Å². The highest BCUT2D eigenvalue weighted by Gasteiger charge is 2.29. The third-order valence-corrected chi connectivity index (χ3v) is 4.15. The van der Waals surface area contributed by atoms with Crippen LogP contribution in [-0.4, -0.2) is 20.8 Å². The van der Waals surface area contributed by atoms with Gasteiger partial charge in [-0.05, 0) is 37.0 Å².